The van der Waals surface area contributed by atoms with E-state index in [9.17, 15) is 4.79 Å². The van der Waals surface area contributed by atoms with Gasteiger partial charge in [0.2, 0.25) is 0 Å². The van der Waals surface area contributed by atoms with Crippen LogP contribution in [0, 0.1) is 46.3 Å². The van der Waals surface area contributed by atoms with Crippen LogP contribution < -0.4 is 0 Å². The molecule has 2 nitrogen and oxygen atoms in total. The fraction of sp³-hybridized carbons (Fsp3) is 0.900. The Kier molecular flexibility index (Phi) is 7.19. The summed E-state index contributed by atoms with van der Waals surface area (Å²) >= 11 is 0. The van der Waals surface area contributed by atoms with E-state index in [0.717, 1.165) is 48.3 Å². The van der Waals surface area contributed by atoms with Crippen LogP contribution in [-0.2, 0) is 9.53 Å². The third-order valence-corrected chi connectivity index (χ3v) is 10.8. The molecule has 0 spiro atoms. The van der Waals surface area contributed by atoms with Crippen molar-refractivity contribution in [3.05, 3.63) is 11.6 Å². The van der Waals surface area contributed by atoms with E-state index < -0.39 is 0 Å². The smallest absolute Gasteiger partial charge is 0.305 e. The highest BCUT2D eigenvalue weighted by atomic mass is 16.5. The van der Waals surface area contributed by atoms with Crippen LogP contribution in [0.3, 0.4) is 0 Å². The van der Waals surface area contributed by atoms with Crippen LogP contribution in [0.2, 0.25) is 0 Å². The second-order valence-electron chi connectivity index (χ2n) is 13.0. The molecular weight excluding hydrogens is 392 g/mol. The Bertz CT molecular complexity index is 708. The highest BCUT2D eigenvalue weighted by Gasteiger charge is 2.59. The van der Waals surface area contributed by atoms with Crippen molar-refractivity contribution in [2.45, 2.75) is 125 Å². The zero-order valence-electron chi connectivity index (χ0n) is 21.9. The maximum Gasteiger partial charge on any atom is 0.305 e. The minimum Gasteiger partial charge on any atom is -0.462 e. The van der Waals surface area contributed by atoms with Crippen molar-refractivity contribution in [2.24, 2.45) is 46.3 Å². The fourth-order valence-corrected chi connectivity index (χ4v) is 9.02. The second-order valence-corrected chi connectivity index (χ2v) is 13.0. The third-order valence-electron chi connectivity index (χ3n) is 10.8. The lowest BCUT2D eigenvalue weighted by atomic mass is 9.47. The Morgan fingerprint density at radius 1 is 1.06 bits per heavy atom. The molecule has 0 amide bonds. The highest BCUT2D eigenvalue weighted by molar-refractivity contribution is 5.69. The second kappa shape index (κ2) is 9.46. The first-order valence-corrected chi connectivity index (χ1v) is 14.1. The molecule has 0 aromatic rings. The number of fused-ring (bicyclic) bond motifs is 5. The number of rotatable bonds is 7. The largest absolute Gasteiger partial charge is 0.462 e. The van der Waals surface area contributed by atoms with E-state index in [0.29, 0.717) is 17.3 Å². The van der Waals surface area contributed by atoms with Gasteiger partial charge in [0.15, 0.2) is 0 Å². The molecule has 8 atom stereocenters. The van der Waals surface area contributed by atoms with Gasteiger partial charge in [-0.25, -0.2) is 0 Å². The van der Waals surface area contributed by atoms with Crippen molar-refractivity contribution in [1.29, 1.82) is 0 Å². The number of ether oxygens (including phenoxy) is 1. The molecule has 4 aliphatic rings. The molecule has 0 saturated heterocycles. The predicted octanol–water partition coefficient (Wildman–Crippen LogP) is 8.35. The molecule has 0 N–H and O–H groups in total. The Balaban J connectivity index is 1.45. The number of allylic oxidation sites excluding steroid dienone is 1. The molecule has 0 unspecified atom stereocenters. The van der Waals surface area contributed by atoms with Crippen LogP contribution in [0.1, 0.15) is 119 Å². The van der Waals surface area contributed by atoms with Gasteiger partial charge in [0.1, 0.15) is 6.10 Å². The molecule has 0 bridgehead atoms. The summed E-state index contributed by atoms with van der Waals surface area (Å²) in [6, 6.07) is 0. The maximum atomic E-state index is 11.9. The Morgan fingerprint density at radius 2 is 1.84 bits per heavy atom. The van der Waals surface area contributed by atoms with Gasteiger partial charge in [-0.1, -0.05) is 72.5 Å². The summed E-state index contributed by atoms with van der Waals surface area (Å²) in [4.78, 5) is 11.9. The van der Waals surface area contributed by atoms with Gasteiger partial charge in [-0.3, -0.25) is 4.79 Å². The van der Waals surface area contributed by atoms with Crippen LogP contribution in [-0.4, -0.2) is 12.1 Å². The van der Waals surface area contributed by atoms with Gasteiger partial charge in [-0.05, 0) is 91.3 Å². The SMILES string of the molecule is CCC(=O)O[C@H]1CC[C@]2(C)C(=CC[C@H]3[C@@H]4CC[C@H]([C@H](C)CCCC(C)C)[C@@]4(C)CC[C@@H]32)C1. The summed E-state index contributed by atoms with van der Waals surface area (Å²) in [5.41, 5.74) is 2.54. The Labute approximate surface area is 198 Å². The van der Waals surface area contributed by atoms with Crippen molar-refractivity contribution in [3.8, 4) is 0 Å². The number of hydrogen-bond donors (Lipinski definition) is 0. The molecule has 4 aliphatic carbocycles. The molecule has 32 heavy (non-hydrogen) atoms. The van der Waals surface area contributed by atoms with Gasteiger partial charge in [0.05, 0.1) is 0 Å². The normalized spacial score (nSPS) is 42.0. The van der Waals surface area contributed by atoms with Crippen molar-refractivity contribution in [3.63, 3.8) is 0 Å². The van der Waals surface area contributed by atoms with Crippen LogP contribution in [0.25, 0.3) is 0 Å². The van der Waals surface area contributed by atoms with Crippen LogP contribution in [0.5, 0.6) is 0 Å². The van der Waals surface area contributed by atoms with Crippen molar-refractivity contribution >= 4 is 5.97 Å². The highest BCUT2D eigenvalue weighted by Crippen LogP contribution is 2.67. The molecule has 0 heterocycles. The number of hydrogen-bond acceptors (Lipinski definition) is 2. The first kappa shape index (κ1) is 24.3. The van der Waals surface area contributed by atoms with E-state index in [-0.39, 0.29) is 12.1 Å². The molecule has 0 radical (unpaired) electrons. The summed E-state index contributed by atoms with van der Waals surface area (Å²) in [6.45, 7) is 14.5. The molecule has 0 aromatic heterocycles. The Morgan fingerprint density at radius 3 is 2.56 bits per heavy atom. The number of esters is 1. The zero-order chi connectivity index (χ0) is 23.1. The zero-order valence-corrected chi connectivity index (χ0v) is 21.9. The quantitative estimate of drug-likeness (QED) is 0.292. The van der Waals surface area contributed by atoms with Gasteiger partial charge in [-0.2, -0.15) is 0 Å². The lowest BCUT2D eigenvalue weighted by Crippen LogP contribution is -2.51. The lowest BCUT2D eigenvalue weighted by molar-refractivity contribution is -0.151. The van der Waals surface area contributed by atoms with E-state index in [2.05, 4.69) is 40.7 Å². The van der Waals surface area contributed by atoms with Gasteiger partial charge in [0, 0.05) is 12.8 Å². The van der Waals surface area contributed by atoms with Gasteiger partial charge >= 0.3 is 5.97 Å². The van der Waals surface area contributed by atoms with Gasteiger partial charge in [0.25, 0.3) is 0 Å². The van der Waals surface area contributed by atoms with Crippen LogP contribution in [0.4, 0.5) is 0 Å². The molecule has 3 fully saturated rings. The number of carbonyl (C=O) groups is 1. The summed E-state index contributed by atoms with van der Waals surface area (Å²) in [6.07, 6.45) is 17.8. The summed E-state index contributed by atoms with van der Waals surface area (Å²) in [5.74, 6) is 5.28. The topological polar surface area (TPSA) is 26.3 Å². The summed E-state index contributed by atoms with van der Waals surface area (Å²) < 4.78 is 5.76. The van der Waals surface area contributed by atoms with E-state index in [1.807, 2.05) is 6.92 Å². The van der Waals surface area contributed by atoms with E-state index in [4.69, 9.17) is 4.74 Å². The standard InChI is InChI=1S/C30H50O2/c1-7-28(31)32-23-15-17-29(5)22(19-23)11-12-24-26-14-13-25(21(4)10-8-9-20(2)3)30(26,6)18-16-27(24)29/h11,20-21,23-27H,7-10,12-19H2,1-6H3/t21-,23+,24+,25-,26+,27+,29-,30-/m1/s1. The van der Waals surface area contributed by atoms with Crippen molar-refractivity contribution in [2.75, 3.05) is 0 Å². The predicted molar refractivity (Wildman–Crippen MR) is 133 cm³/mol. The fourth-order valence-electron chi connectivity index (χ4n) is 9.02. The van der Waals surface area contributed by atoms with E-state index in [1.54, 1.807) is 5.57 Å². The molecule has 0 aromatic carbocycles. The summed E-state index contributed by atoms with van der Waals surface area (Å²) in [7, 11) is 0. The van der Waals surface area contributed by atoms with Crippen molar-refractivity contribution < 1.29 is 9.53 Å². The van der Waals surface area contributed by atoms with Crippen molar-refractivity contribution in [1.82, 2.24) is 0 Å². The average molecular weight is 443 g/mol. The first-order valence-electron chi connectivity index (χ1n) is 14.1. The molecular formula is C30H50O2. The van der Waals surface area contributed by atoms with Gasteiger partial charge in [-0.15, -0.1) is 0 Å². The monoisotopic (exact) mass is 442 g/mol. The minimum atomic E-state index is -0.0270. The third kappa shape index (κ3) is 4.34. The lowest BCUT2D eigenvalue weighted by Gasteiger charge is -2.58. The molecule has 0 aliphatic heterocycles. The van der Waals surface area contributed by atoms with Gasteiger partial charge < -0.3 is 4.74 Å². The molecule has 3 saturated carbocycles. The average Bonchev–Trinajstić information content (AvgIpc) is 3.11. The summed E-state index contributed by atoms with van der Waals surface area (Å²) in [5, 5.41) is 0. The van der Waals surface area contributed by atoms with Crippen LogP contribution in [0.15, 0.2) is 11.6 Å². The maximum absolute atomic E-state index is 11.9. The molecule has 2 heteroatoms. The number of carbonyl (C=O) groups excluding carboxylic acids is 1. The molecule has 4 rings (SSSR count). The first-order chi connectivity index (χ1) is 15.2. The molecule has 182 valence electrons. The Hall–Kier alpha value is -0.790. The van der Waals surface area contributed by atoms with Crippen LogP contribution >= 0.6 is 0 Å². The van der Waals surface area contributed by atoms with E-state index in [1.165, 1.54) is 57.8 Å². The van der Waals surface area contributed by atoms with E-state index >= 15 is 0 Å². The minimum absolute atomic E-state index is 0.0270.